The van der Waals surface area contributed by atoms with E-state index in [1.165, 1.54) is 0 Å². The molecule has 0 radical (unpaired) electrons. The summed E-state index contributed by atoms with van der Waals surface area (Å²) in [6.07, 6.45) is 3.74. The topological polar surface area (TPSA) is 20.3 Å². The van der Waals surface area contributed by atoms with Crippen molar-refractivity contribution in [3.05, 3.63) is 11.6 Å². The Balaban J connectivity index is 2.46. The van der Waals surface area contributed by atoms with E-state index in [4.69, 9.17) is 0 Å². The first-order chi connectivity index (χ1) is 10.2. The largest absolute Gasteiger partial charge is 0.295 e. The molecule has 126 valence electrons. The van der Waals surface area contributed by atoms with Crippen molar-refractivity contribution in [3.8, 4) is 0 Å². The predicted molar refractivity (Wildman–Crippen MR) is 97.5 cm³/mol. The van der Waals surface area contributed by atoms with Crippen molar-refractivity contribution in [2.75, 3.05) is 13.1 Å². The number of hydrogen-bond acceptors (Lipinski definition) is 2. The lowest BCUT2D eigenvalue weighted by molar-refractivity contribution is -0.118. The zero-order chi connectivity index (χ0) is 16.7. The average molecular weight is 323 g/mol. The number of ketones is 1. The highest BCUT2D eigenvalue weighted by Crippen LogP contribution is 2.51. The van der Waals surface area contributed by atoms with Crippen LogP contribution in [0.4, 0.5) is 0 Å². The molecule has 2 rings (SSSR count). The van der Waals surface area contributed by atoms with Crippen molar-refractivity contribution in [2.45, 2.75) is 54.4 Å². The van der Waals surface area contributed by atoms with E-state index in [1.807, 2.05) is 6.92 Å². The third-order valence-corrected chi connectivity index (χ3v) is 6.53. The minimum absolute atomic E-state index is 0.249. The van der Waals surface area contributed by atoms with E-state index in [0.717, 1.165) is 31.5 Å². The second kappa shape index (κ2) is 6.73. The smallest absolute Gasteiger partial charge is 0.158 e. The highest BCUT2D eigenvalue weighted by molar-refractivity contribution is 7.13. The molecule has 0 bridgehead atoms. The molecule has 2 fully saturated rings. The van der Waals surface area contributed by atoms with Crippen molar-refractivity contribution < 1.29 is 4.79 Å². The molecular weight excluding hydrogens is 289 g/mol. The predicted octanol–water partition coefficient (Wildman–Crippen LogP) is 4.57. The van der Waals surface area contributed by atoms with Crippen molar-refractivity contribution in [1.82, 2.24) is 4.67 Å². The molecule has 1 aliphatic heterocycles. The van der Waals surface area contributed by atoms with Crippen LogP contribution < -0.4 is 0 Å². The fraction of sp³-hybridized carbons (Fsp3) is 0.842. The fourth-order valence-corrected chi connectivity index (χ4v) is 6.35. The Morgan fingerprint density at radius 3 is 2.36 bits per heavy atom. The zero-order valence-electron chi connectivity index (χ0n) is 15.2. The molecule has 22 heavy (non-hydrogen) atoms. The number of fused-ring (bicyclic) bond motifs is 1. The molecule has 2 aliphatic rings. The number of allylic oxidation sites excluding steroid dienone is 2. The number of nitrogens with zero attached hydrogens (tertiary/aromatic N) is 1. The summed E-state index contributed by atoms with van der Waals surface area (Å²) in [7, 11) is 2.93. The van der Waals surface area contributed by atoms with E-state index >= 15 is 0 Å². The molecule has 0 aromatic rings. The third kappa shape index (κ3) is 3.49. The van der Waals surface area contributed by atoms with E-state index in [2.05, 4.69) is 54.8 Å². The van der Waals surface area contributed by atoms with Gasteiger partial charge in [0.05, 0.1) is 0 Å². The first kappa shape index (κ1) is 18.1. The van der Waals surface area contributed by atoms with Gasteiger partial charge in [-0.05, 0) is 53.9 Å². The highest BCUT2D eigenvalue weighted by Gasteiger charge is 2.47. The molecule has 1 heterocycles. The molecule has 1 aliphatic carbocycles. The second-order valence-electron chi connectivity index (χ2n) is 8.60. The number of rotatable bonds is 0. The zero-order valence-corrected chi connectivity index (χ0v) is 16.4. The molecule has 0 aromatic carbocycles. The maximum atomic E-state index is 12.6. The second-order valence-corrected chi connectivity index (χ2v) is 9.33. The number of Topliss-reactive ketones (excluding diaryl/α,β-unsaturated/α-hetero) is 1. The first-order valence-electron chi connectivity index (χ1n) is 8.85. The van der Waals surface area contributed by atoms with Crippen LogP contribution in [0.3, 0.4) is 0 Å². The van der Waals surface area contributed by atoms with Gasteiger partial charge in [0, 0.05) is 19.5 Å². The Morgan fingerprint density at radius 2 is 1.77 bits per heavy atom. The van der Waals surface area contributed by atoms with Gasteiger partial charge >= 0.3 is 0 Å². The molecule has 1 saturated heterocycles. The molecule has 0 spiro atoms. The molecule has 6 unspecified atom stereocenters. The minimum atomic E-state index is 0.249. The Labute approximate surface area is 139 Å². The average Bonchev–Trinajstić information content (AvgIpc) is 2.46. The van der Waals surface area contributed by atoms with Gasteiger partial charge in [0.1, 0.15) is 0 Å². The lowest BCUT2D eigenvalue weighted by Gasteiger charge is -2.47. The molecule has 0 amide bonds. The van der Waals surface area contributed by atoms with E-state index in [9.17, 15) is 4.79 Å². The lowest BCUT2D eigenvalue weighted by Crippen LogP contribution is -2.43. The molecule has 2 nitrogen and oxygen atoms in total. The van der Waals surface area contributed by atoms with Crippen LogP contribution in [0.25, 0.3) is 0 Å². The van der Waals surface area contributed by atoms with E-state index in [0.29, 0.717) is 35.4 Å². The monoisotopic (exact) mass is 323 g/mol. The molecule has 0 N–H and O–H groups in total. The van der Waals surface area contributed by atoms with Gasteiger partial charge in [-0.2, -0.15) is 0 Å². The number of hydrogen-bond donors (Lipinski definition) is 0. The van der Waals surface area contributed by atoms with Crippen LogP contribution in [-0.4, -0.2) is 23.5 Å². The van der Waals surface area contributed by atoms with Crippen molar-refractivity contribution in [2.24, 2.45) is 35.0 Å². The van der Waals surface area contributed by atoms with Gasteiger partial charge in [-0.25, -0.2) is 0 Å². The quantitative estimate of drug-likeness (QED) is 0.481. The van der Waals surface area contributed by atoms with Gasteiger partial charge in [0.25, 0.3) is 0 Å². The normalized spacial score (nSPS) is 42.4. The Bertz CT molecular complexity index is 456. The van der Waals surface area contributed by atoms with Crippen LogP contribution in [-0.2, 0) is 4.79 Å². The van der Waals surface area contributed by atoms with Crippen molar-refractivity contribution >= 4 is 15.2 Å². The maximum absolute atomic E-state index is 12.6. The molecule has 1 saturated carbocycles. The summed E-state index contributed by atoms with van der Waals surface area (Å²) < 4.78 is 2.42. The summed E-state index contributed by atoms with van der Waals surface area (Å²) >= 11 is 0. The standard InChI is InChI=1S/C19H34NOP/c1-7-15-8-12(2)17-14(4)10-20(22)11-19(5,6)18(17)13(3)9-16(15)21/h7,12-14,17-18H,8-11,22H2,1-6H3/b15-7+. The Hall–Kier alpha value is -0.200. The van der Waals surface area contributed by atoms with Gasteiger partial charge in [-0.1, -0.05) is 50.1 Å². The van der Waals surface area contributed by atoms with E-state index in [-0.39, 0.29) is 5.41 Å². The summed E-state index contributed by atoms with van der Waals surface area (Å²) in [5.74, 6) is 3.41. The SMILES string of the molecule is C/C=C1\CC(C)C2C(C)CN(P)CC(C)(C)C2C(C)CC1=O. The Morgan fingerprint density at radius 1 is 1.14 bits per heavy atom. The van der Waals surface area contributed by atoms with Crippen LogP contribution in [0.2, 0.25) is 0 Å². The van der Waals surface area contributed by atoms with Crippen LogP contribution in [0, 0.1) is 35.0 Å². The van der Waals surface area contributed by atoms with Gasteiger partial charge in [0.2, 0.25) is 0 Å². The lowest BCUT2D eigenvalue weighted by atomic mass is 9.58. The van der Waals surface area contributed by atoms with Gasteiger partial charge in [-0.15, -0.1) is 0 Å². The maximum Gasteiger partial charge on any atom is 0.158 e. The number of carbonyl (C=O) groups is 1. The Kier molecular flexibility index (Phi) is 5.55. The number of carbonyl (C=O) groups excluding carboxylic acids is 1. The van der Waals surface area contributed by atoms with Crippen LogP contribution in [0.15, 0.2) is 11.6 Å². The highest BCUT2D eigenvalue weighted by atomic mass is 31.0. The summed E-state index contributed by atoms with van der Waals surface area (Å²) in [6.45, 7) is 16.2. The fourth-order valence-electron chi connectivity index (χ4n) is 5.55. The van der Waals surface area contributed by atoms with Gasteiger partial charge < -0.3 is 0 Å². The molecule has 3 heteroatoms. The minimum Gasteiger partial charge on any atom is -0.295 e. The van der Waals surface area contributed by atoms with E-state index in [1.54, 1.807) is 0 Å². The van der Waals surface area contributed by atoms with Crippen LogP contribution in [0.5, 0.6) is 0 Å². The summed E-state index contributed by atoms with van der Waals surface area (Å²) in [4.78, 5) is 12.6. The van der Waals surface area contributed by atoms with Crippen LogP contribution >= 0.6 is 9.39 Å². The molecule has 0 aromatic heterocycles. The molecular formula is C19H34NOP. The van der Waals surface area contributed by atoms with Crippen LogP contribution in [0.1, 0.15) is 54.4 Å². The van der Waals surface area contributed by atoms with Crippen molar-refractivity contribution in [1.29, 1.82) is 0 Å². The summed E-state index contributed by atoms with van der Waals surface area (Å²) in [6, 6.07) is 0. The molecule has 6 atom stereocenters. The van der Waals surface area contributed by atoms with Gasteiger partial charge in [-0.3, -0.25) is 9.46 Å². The first-order valence-corrected chi connectivity index (χ1v) is 9.37. The summed E-state index contributed by atoms with van der Waals surface area (Å²) in [5, 5.41) is 0. The van der Waals surface area contributed by atoms with Crippen molar-refractivity contribution in [3.63, 3.8) is 0 Å². The van der Waals surface area contributed by atoms with E-state index < -0.39 is 0 Å². The third-order valence-electron chi connectivity index (χ3n) is 6.13. The van der Waals surface area contributed by atoms with Gasteiger partial charge in [0.15, 0.2) is 5.78 Å². The summed E-state index contributed by atoms with van der Waals surface area (Å²) in [5.41, 5.74) is 1.31.